The molecule has 0 amide bonds. The number of nitrogens with one attached hydrogen (secondary N) is 2. The molecule has 1 heterocycles. The van der Waals surface area contributed by atoms with Crippen LogP contribution in [0.5, 0.6) is 0 Å². The van der Waals surface area contributed by atoms with E-state index < -0.39 is 10.0 Å². The topological polar surface area (TPSA) is 82.2 Å². The molecule has 0 spiro atoms. The first kappa shape index (κ1) is 14.2. The normalized spacial score (nSPS) is 12.9. The number of H-pyrrole nitrogens is 1. The third kappa shape index (κ3) is 3.31. The molecule has 3 N–H and O–H groups in total. The van der Waals surface area contributed by atoms with E-state index in [1.165, 1.54) is 12.3 Å². The molecule has 0 unspecified atom stereocenters. The molecular formula is C11H20N2O3S. The molecule has 1 aromatic rings. The van der Waals surface area contributed by atoms with Gasteiger partial charge in [0.15, 0.2) is 0 Å². The molecule has 1 rings (SSSR count). The summed E-state index contributed by atoms with van der Waals surface area (Å²) in [6.45, 7) is 4.13. The zero-order valence-electron chi connectivity index (χ0n) is 10.2. The molecule has 0 radical (unpaired) electrons. The summed E-state index contributed by atoms with van der Waals surface area (Å²) < 4.78 is 26.3. The van der Waals surface area contributed by atoms with Gasteiger partial charge in [0, 0.05) is 31.0 Å². The van der Waals surface area contributed by atoms with Crippen LogP contribution in [-0.4, -0.2) is 31.7 Å². The molecule has 0 fully saturated rings. The van der Waals surface area contributed by atoms with Gasteiger partial charge in [-0.3, -0.25) is 0 Å². The highest BCUT2D eigenvalue weighted by Gasteiger charge is 2.27. The van der Waals surface area contributed by atoms with E-state index in [0.717, 1.165) is 12.8 Å². The first-order valence-corrected chi connectivity index (χ1v) is 7.21. The van der Waals surface area contributed by atoms with Crippen molar-refractivity contribution in [3.8, 4) is 0 Å². The lowest BCUT2D eigenvalue weighted by Crippen LogP contribution is -2.39. The van der Waals surface area contributed by atoms with Crippen LogP contribution in [0.15, 0.2) is 23.4 Å². The summed E-state index contributed by atoms with van der Waals surface area (Å²) in [4.78, 5) is 2.93. The van der Waals surface area contributed by atoms with Crippen molar-refractivity contribution in [2.75, 3.05) is 13.2 Å². The van der Waals surface area contributed by atoms with Crippen molar-refractivity contribution in [1.82, 2.24) is 9.71 Å². The fourth-order valence-corrected chi connectivity index (χ4v) is 2.72. The molecule has 0 saturated carbocycles. The number of aliphatic hydroxyl groups is 1. The predicted octanol–water partition coefficient (Wildman–Crippen LogP) is 1.09. The van der Waals surface area contributed by atoms with Crippen LogP contribution in [0.4, 0.5) is 0 Å². The Labute approximate surface area is 102 Å². The second-order valence-corrected chi connectivity index (χ2v) is 6.00. The Kier molecular flexibility index (Phi) is 4.73. The van der Waals surface area contributed by atoms with Gasteiger partial charge in [-0.1, -0.05) is 13.8 Å². The van der Waals surface area contributed by atoms with Crippen molar-refractivity contribution >= 4 is 10.0 Å². The molecule has 6 heteroatoms. The average molecular weight is 260 g/mol. The molecule has 0 saturated heterocycles. The van der Waals surface area contributed by atoms with Crippen LogP contribution in [0, 0.1) is 5.41 Å². The van der Waals surface area contributed by atoms with Gasteiger partial charge >= 0.3 is 0 Å². The Morgan fingerprint density at radius 3 is 2.47 bits per heavy atom. The fourth-order valence-electron chi connectivity index (χ4n) is 1.59. The van der Waals surface area contributed by atoms with Gasteiger partial charge in [-0.05, 0) is 18.9 Å². The molecule has 0 bridgehead atoms. The minimum Gasteiger partial charge on any atom is -0.396 e. The van der Waals surface area contributed by atoms with Crippen molar-refractivity contribution < 1.29 is 13.5 Å². The van der Waals surface area contributed by atoms with Crippen molar-refractivity contribution in [2.24, 2.45) is 5.41 Å². The van der Waals surface area contributed by atoms with Crippen LogP contribution in [0.3, 0.4) is 0 Å². The molecule has 0 atom stereocenters. The third-order valence-electron chi connectivity index (χ3n) is 3.35. The van der Waals surface area contributed by atoms with E-state index in [1.54, 1.807) is 6.20 Å². The van der Waals surface area contributed by atoms with Gasteiger partial charge < -0.3 is 10.1 Å². The van der Waals surface area contributed by atoms with Gasteiger partial charge in [0.05, 0.1) is 4.90 Å². The maximum atomic E-state index is 11.9. The molecule has 98 valence electrons. The highest BCUT2D eigenvalue weighted by atomic mass is 32.2. The Morgan fingerprint density at radius 1 is 1.41 bits per heavy atom. The first-order valence-electron chi connectivity index (χ1n) is 5.73. The molecule has 0 aliphatic heterocycles. The Balaban J connectivity index is 2.73. The summed E-state index contributed by atoms with van der Waals surface area (Å²) in [5.74, 6) is 0. The van der Waals surface area contributed by atoms with Gasteiger partial charge in [0.2, 0.25) is 10.0 Å². The number of aliphatic hydroxyl groups excluding tert-OH is 1. The number of hydrogen-bond donors (Lipinski definition) is 3. The van der Waals surface area contributed by atoms with Crippen LogP contribution in [0.1, 0.15) is 26.7 Å². The molecule has 0 aliphatic rings. The van der Waals surface area contributed by atoms with Crippen molar-refractivity contribution in [3.05, 3.63) is 18.5 Å². The first-order chi connectivity index (χ1) is 7.99. The van der Waals surface area contributed by atoms with Crippen molar-refractivity contribution in [3.63, 3.8) is 0 Å². The largest absolute Gasteiger partial charge is 0.396 e. The molecular weight excluding hydrogens is 240 g/mol. The van der Waals surface area contributed by atoms with Crippen LogP contribution >= 0.6 is 0 Å². The van der Waals surface area contributed by atoms with Crippen molar-refractivity contribution in [1.29, 1.82) is 0 Å². The zero-order valence-corrected chi connectivity index (χ0v) is 11.0. The van der Waals surface area contributed by atoms with E-state index in [0.29, 0.717) is 0 Å². The van der Waals surface area contributed by atoms with E-state index in [2.05, 4.69) is 9.71 Å². The number of rotatable bonds is 7. The number of aromatic amines is 1. The van der Waals surface area contributed by atoms with Gasteiger partial charge in [0.25, 0.3) is 0 Å². The molecule has 5 nitrogen and oxygen atoms in total. The minimum atomic E-state index is -3.47. The third-order valence-corrected chi connectivity index (χ3v) is 4.75. The lowest BCUT2D eigenvalue weighted by atomic mass is 9.84. The van der Waals surface area contributed by atoms with E-state index >= 15 is 0 Å². The van der Waals surface area contributed by atoms with E-state index in [-0.39, 0.29) is 23.5 Å². The Hall–Kier alpha value is -0.850. The maximum Gasteiger partial charge on any atom is 0.242 e. The monoisotopic (exact) mass is 260 g/mol. The maximum absolute atomic E-state index is 11.9. The standard InChI is InChI=1S/C11H20N2O3S/c1-3-11(4-2,9-14)8-13-17(15,16)10-5-6-12-7-10/h5-7,12-14H,3-4,8-9H2,1-2H3. The summed E-state index contributed by atoms with van der Waals surface area (Å²) in [6.07, 6.45) is 4.46. The average Bonchev–Trinajstić information content (AvgIpc) is 2.86. The smallest absolute Gasteiger partial charge is 0.242 e. The minimum absolute atomic E-state index is 0.0182. The molecule has 1 aromatic heterocycles. The molecule has 0 aromatic carbocycles. The van der Waals surface area contributed by atoms with E-state index in [4.69, 9.17) is 0 Å². The number of hydrogen-bond acceptors (Lipinski definition) is 3. The number of aromatic nitrogens is 1. The number of sulfonamides is 1. The van der Waals surface area contributed by atoms with Crippen LogP contribution in [-0.2, 0) is 10.0 Å². The van der Waals surface area contributed by atoms with Gasteiger partial charge in [-0.25, -0.2) is 13.1 Å². The van der Waals surface area contributed by atoms with Gasteiger partial charge in [-0.15, -0.1) is 0 Å². The lowest BCUT2D eigenvalue weighted by molar-refractivity contribution is 0.119. The van der Waals surface area contributed by atoms with Gasteiger partial charge in [-0.2, -0.15) is 0 Å². The summed E-state index contributed by atoms with van der Waals surface area (Å²) in [7, 11) is -3.47. The quantitative estimate of drug-likeness (QED) is 0.686. The van der Waals surface area contributed by atoms with Crippen molar-refractivity contribution in [2.45, 2.75) is 31.6 Å². The SMILES string of the molecule is CCC(CC)(CO)CNS(=O)(=O)c1cc[nH]c1. The molecule has 0 aliphatic carbocycles. The highest BCUT2D eigenvalue weighted by molar-refractivity contribution is 7.89. The zero-order chi connectivity index (χ0) is 12.9. The summed E-state index contributed by atoms with van der Waals surface area (Å²) in [5, 5.41) is 9.36. The van der Waals surface area contributed by atoms with E-state index in [9.17, 15) is 13.5 Å². The summed E-state index contributed by atoms with van der Waals surface area (Å²) >= 11 is 0. The molecule has 17 heavy (non-hydrogen) atoms. The van der Waals surface area contributed by atoms with E-state index in [1.807, 2.05) is 13.8 Å². The fraction of sp³-hybridized carbons (Fsp3) is 0.636. The second-order valence-electron chi connectivity index (χ2n) is 4.24. The van der Waals surface area contributed by atoms with Gasteiger partial charge in [0.1, 0.15) is 0 Å². The Morgan fingerprint density at radius 2 is 2.06 bits per heavy atom. The predicted molar refractivity (Wildman–Crippen MR) is 66.1 cm³/mol. The van der Waals surface area contributed by atoms with Crippen LogP contribution < -0.4 is 4.72 Å². The highest BCUT2D eigenvalue weighted by Crippen LogP contribution is 2.25. The Bertz CT molecular complexity index is 413. The van der Waals surface area contributed by atoms with Crippen LogP contribution in [0.2, 0.25) is 0 Å². The lowest BCUT2D eigenvalue weighted by Gasteiger charge is -2.29. The van der Waals surface area contributed by atoms with Crippen LogP contribution in [0.25, 0.3) is 0 Å². The second kappa shape index (κ2) is 5.66. The summed E-state index contributed by atoms with van der Waals surface area (Å²) in [5.41, 5.74) is -0.372. The summed E-state index contributed by atoms with van der Waals surface area (Å²) in [6, 6.07) is 1.50.